The number of aliphatic hydroxyl groups is 1. The van der Waals surface area contributed by atoms with Crippen molar-refractivity contribution in [1.82, 2.24) is 25.5 Å². The van der Waals surface area contributed by atoms with E-state index in [4.69, 9.17) is 0 Å². The Labute approximate surface area is 393 Å². The molecule has 1 saturated carbocycles. The molecule has 2 amide bonds. The molecule has 13 heteroatoms. The summed E-state index contributed by atoms with van der Waals surface area (Å²) in [6.45, 7) is 9.99. The Kier molecular flexibility index (Phi) is 22.7. The molecule has 338 valence electrons. The van der Waals surface area contributed by atoms with Crippen molar-refractivity contribution in [3.8, 4) is 0 Å². The van der Waals surface area contributed by atoms with Gasteiger partial charge in [-0.1, -0.05) is 80.4 Å². The summed E-state index contributed by atoms with van der Waals surface area (Å²) in [5.41, 5.74) is 4.27. The number of alkyl halides is 1. The molecule has 0 radical (unpaired) electrons. The van der Waals surface area contributed by atoms with Crippen LogP contribution >= 0.6 is 47.8 Å². The minimum atomic E-state index is -0.977. The van der Waals surface area contributed by atoms with Crippen molar-refractivity contribution in [1.29, 1.82) is 0 Å². The number of aliphatic hydroxyl groups excluding tert-OH is 1. The number of rotatable bonds is 15. The minimum Gasteiger partial charge on any atom is -0.389 e. The van der Waals surface area contributed by atoms with Crippen molar-refractivity contribution in [3.05, 3.63) is 127 Å². The Bertz CT molecular complexity index is 1910. The number of hydrogen-bond acceptors (Lipinski definition) is 6. The standard InChI is InChI=1S/C37H53F2N3O3.C6H5Br2N.C6H6BrN/c1-4-15-42(16-5-2)37(45)30-18-25(3)17-29(22-30)36(44)41-34(21-28-19-31(38)23-32(39)20-28)35(43)33-14-13-27(24-40-33)12-11-26-9-7-6-8-10-26;7-3-5-1-2-6(8)9-4-5;1-5-2-3-6(7)8-4-5/h17-20,22-23,26-27,33-35,40,43H,4-16,21,24H2,1-3H3,(H,41,44);1-2,4H,3H2;2-4H,1H3/t27?,33?,34-,35+;;/m0../s1. The van der Waals surface area contributed by atoms with E-state index in [2.05, 4.69) is 68.4 Å². The van der Waals surface area contributed by atoms with E-state index in [0.717, 1.165) is 64.3 Å². The van der Waals surface area contributed by atoms with Crippen molar-refractivity contribution in [2.45, 2.75) is 128 Å². The van der Waals surface area contributed by atoms with Gasteiger partial charge < -0.3 is 20.6 Å². The van der Waals surface area contributed by atoms with E-state index in [0.29, 0.717) is 35.7 Å². The molecular formula is C49H64Br3F2N5O3. The molecule has 1 saturated heterocycles. The van der Waals surface area contributed by atoms with Crippen molar-refractivity contribution in [2.75, 3.05) is 19.6 Å². The number of pyridine rings is 2. The second-order valence-electron chi connectivity index (χ2n) is 16.8. The highest BCUT2D eigenvalue weighted by Crippen LogP contribution is 2.31. The average Bonchev–Trinajstić information content (AvgIpc) is 3.26. The quantitative estimate of drug-likeness (QED) is 0.0809. The molecular weight excluding hydrogens is 984 g/mol. The van der Waals surface area contributed by atoms with E-state index in [1.807, 2.05) is 64.4 Å². The molecule has 2 unspecified atom stereocenters. The Morgan fingerprint density at radius 2 is 1.42 bits per heavy atom. The molecule has 3 heterocycles. The lowest BCUT2D eigenvalue weighted by Gasteiger charge is -2.37. The summed E-state index contributed by atoms with van der Waals surface area (Å²) in [6.07, 6.45) is 15.4. The van der Waals surface area contributed by atoms with Crippen LogP contribution < -0.4 is 10.6 Å². The number of aromatic nitrogens is 2. The number of nitrogens with zero attached hydrogens (tertiary/aromatic N) is 3. The number of halogens is 5. The van der Waals surface area contributed by atoms with Crippen molar-refractivity contribution < 1.29 is 23.5 Å². The number of hydrogen-bond donors (Lipinski definition) is 3. The van der Waals surface area contributed by atoms with Crippen LogP contribution in [0.4, 0.5) is 8.78 Å². The van der Waals surface area contributed by atoms with Crippen molar-refractivity contribution in [3.63, 3.8) is 0 Å². The Morgan fingerprint density at radius 3 is 1.97 bits per heavy atom. The number of aryl methyl sites for hydroxylation is 2. The summed E-state index contributed by atoms with van der Waals surface area (Å²) in [7, 11) is 0. The highest BCUT2D eigenvalue weighted by atomic mass is 79.9. The van der Waals surface area contributed by atoms with Gasteiger partial charge in [0.1, 0.15) is 20.8 Å². The van der Waals surface area contributed by atoms with Gasteiger partial charge in [-0.25, -0.2) is 18.7 Å². The molecule has 2 aromatic carbocycles. The van der Waals surface area contributed by atoms with Crippen LogP contribution in [0.5, 0.6) is 0 Å². The van der Waals surface area contributed by atoms with Gasteiger partial charge in [0.15, 0.2) is 0 Å². The molecule has 2 aromatic heterocycles. The normalized spacial score (nSPS) is 17.4. The second-order valence-corrected chi connectivity index (χ2v) is 18.9. The molecule has 0 bridgehead atoms. The Hall–Kier alpha value is -3.10. The molecule has 4 aromatic rings. The maximum absolute atomic E-state index is 14.1. The third kappa shape index (κ3) is 17.8. The first-order valence-electron chi connectivity index (χ1n) is 22.1. The van der Waals surface area contributed by atoms with Crippen LogP contribution in [-0.2, 0) is 11.8 Å². The number of carbonyl (C=O) groups excluding carboxylic acids is 2. The van der Waals surface area contributed by atoms with Crippen LogP contribution in [0.2, 0.25) is 0 Å². The molecule has 62 heavy (non-hydrogen) atoms. The first-order valence-corrected chi connectivity index (χ1v) is 24.8. The number of benzene rings is 2. The number of carbonyl (C=O) groups is 2. The molecule has 2 fully saturated rings. The van der Waals surface area contributed by atoms with Crippen LogP contribution in [-0.4, -0.2) is 69.6 Å². The van der Waals surface area contributed by atoms with E-state index in [1.165, 1.54) is 68.2 Å². The maximum atomic E-state index is 14.1. The summed E-state index contributed by atoms with van der Waals surface area (Å²) in [4.78, 5) is 36.9. The predicted molar refractivity (Wildman–Crippen MR) is 257 cm³/mol. The number of piperidine rings is 1. The monoisotopic (exact) mass is 1050 g/mol. The lowest BCUT2D eigenvalue weighted by molar-refractivity contribution is 0.0589. The van der Waals surface area contributed by atoms with E-state index in [-0.39, 0.29) is 18.4 Å². The predicted octanol–water partition coefficient (Wildman–Crippen LogP) is 11.9. The molecule has 1 aliphatic heterocycles. The third-order valence-electron chi connectivity index (χ3n) is 11.5. The average molecular weight is 1050 g/mol. The molecule has 8 nitrogen and oxygen atoms in total. The molecule has 2 aliphatic rings. The Morgan fingerprint density at radius 1 is 0.790 bits per heavy atom. The first kappa shape index (κ1) is 51.5. The third-order valence-corrected chi connectivity index (χ3v) is 13.0. The fraction of sp³-hybridized carbons (Fsp3) is 0.510. The second kappa shape index (κ2) is 27.3. The highest BCUT2D eigenvalue weighted by molar-refractivity contribution is 9.10. The van der Waals surface area contributed by atoms with Crippen molar-refractivity contribution in [2.24, 2.45) is 11.8 Å². The van der Waals surface area contributed by atoms with Gasteiger partial charge in [-0.05, 0) is 167 Å². The van der Waals surface area contributed by atoms with Gasteiger partial charge in [0.05, 0.1) is 12.1 Å². The van der Waals surface area contributed by atoms with Gasteiger partial charge in [-0.15, -0.1) is 0 Å². The van der Waals surface area contributed by atoms with Gasteiger partial charge in [0.2, 0.25) is 0 Å². The van der Waals surface area contributed by atoms with Crippen LogP contribution in [0.1, 0.15) is 127 Å². The van der Waals surface area contributed by atoms with E-state index in [9.17, 15) is 23.5 Å². The highest BCUT2D eigenvalue weighted by Gasteiger charge is 2.33. The largest absolute Gasteiger partial charge is 0.389 e. The summed E-state index contributed by atoms with van der Waals surface area (Å²) in [6, 6.07) is 15.2. The van der Waals surface area contributed by atoms with Gasteiger partial charge in [0, 0.05) is 54.0 Å². The van der Waals surface area contributed by atoms with Crippen LogP contribution in [0.3, 0.4) is 0 Å². The molecule has 4 atom stereocenters. The lowest BCUT2D eigenvalue weighted by Crippen LogP contribution is -2.56. The summed E-state index contributed by atoms with van der Waals surface area (Å²) in [5, 5.41) is 19.0. The smallest absolute Gasteiger partial charge is 0.253 e. The van der Waals surface area contributed by atoms with Gasteiger partial charge in [-0.2, -0.15) is 0 Å². The molecule has 6 rings (SSSR count). The topological polar surface area (TPSA) is 107 Å². The van der Waals surface area contributed by atoms with E-state index >= 15 is 0 Å². The fourth-order valence-electron chi connectivity index (χ4n) is 8.20. The maximum Gasteiger partial charge on any atom is 0.253 e. The molecule has 3 N–H and O–H groups in total. The SMILES string of the molecule is BrCc1ccc(Br)nc1.CCCN(CCC)C(=O)c1cc(C)cc(C(=O)N[C@@H](Cc2cc(F)cc(F)c2)[C@H](O)C2CCC(CCC3CCCCC3)CN2)c1.Cc1ccc(Br)nc1. The van der Waals surface area contributed by atoms with E-state index < -0.39 is 29.7 Å². The van der Waals surface area contributed by atoms with Crippen LogP contribution in [0.15, 0.2) is 82.3 Å². The van der Waals surface area contributed by atoms with Gasteiger partial charge >= 0.3 is 0 Å². The minimum absolute atomic E-state index is 0.0588. The Balaban J connectivity index is 0.000000408. The van der Waals surface area contributed by atoms with Crippen LogP contribution in [0, 0.1) is 37.3 Å². The number of amides is 2. The summed E-state index contributed by atoms with van der Waals surface area (Å²) in [5.74, 6) is -0.561. The molecule has 0 spiro atoms. The van der Waals surface area contributed by atoms with Gasteiger partial charge in [-0.3, -0.25) is 9.59 Å². The number of nitrogens with one attached hydrogen (secondary N) is 2. The van der Waals surface area contributed by atoms with Crippen LogP contribution in [0.25, 0.3) is 0 Å². The summed E-state index contributed by atoms with van der Waals surface area (Å²) < 4.78 is 30.0. The zero-order valence-corrected chi connectivity index (χ0v) is 41.4. The van der Waals surface area contributed by atoms with Gasteiger partial charge in [0.25, 0.3) is 11.8 Å². The molecule has 1 aliphatic carbocycles. The zero-order valence-electron chi connectivity index (χ0n) is 36.6. The first-order chi connectivity index (χ1) is 29.8. The fourth-order valence-corrected chi connectivity index (χ4v) is 9.01. The van der Waals surface area contributed by atoms with E-state index in [1.54, 1.807) is 23.1 Å². The van der Waals surface area contributed by atoms with Crippen molar-refractivity contribution >= 4 is 59.6 Å². The zero-order chi connectivity index (χ0) is 45.0. The summed E-state index contributed by atoms with van der Waals surface area (Å²) >= 11 is 9.81. The lowest BCUT2D eigenvalue weighted by atomic mass is 9.81.